The highest BCUT2D eigenvalue weighted by molar-refractivity contribution is 5.98. The Morgan fingerprint density at radius 1 is 1.53 bits per heavy atom. The Balaban J connectivity index is 2.31. The van der Waals surface area contributed by atoms with Crippen LogP contribution in [0.15, 0.2) is 18.2 Å². The van der Waals surface area contributed by atoms with Crippen LogP contribution in [0.3, 0.4) is 0 Å². The minimum absolute atomic E-state index is 0.189. The van der Waals surface area contributed by atoms with E-state index in [2.05, 4.69) is 0 Å². The normalized spacial score (nSPS) is 14.1. The monoisotopic (exact) mass is 204 g/mol. The Morgan fingerprint density at radius 2 is 2.33 bits per heavy atom. The van der Waals surface area contributed by atoms with E-state index < -0.39 is 0 Å². The second kappa shape index (κ2) is 3.93. The first-order valence-electron chi connectivity index (χ1n) is 5.41. The number of benzene rings is 1. The Hall–Kier alpha value is -1.51. The molecule has 0 aromatic heterocycles. The van der Waals surface area contributed by atoms with Gasteiger partial charge in [0.2, 0.25) is 5.91 Å². The van der Waals surface area contributed by atoms with E-state index in [1.807, 2.05) is 30.0 Å². The van der Waals surface area contributed by atoms with Gasteiger partial charge in [-0.25, -0.2) is 0 Å². The summed E-state index contributed by atoms with van der Waals surface area (Å²) < 4.78 is 0. The van der Waals surface area contributed by atoms with Gasteiger partial charge in [-0.05, 0) is 24.5 Å². The lowest BCUT2D eigenvalue weighted by Gasteiger charge is -2.18. The van der Waals surface area contributed by atoms with Crippen molar-refractivity contribution in [1.29, 1.82) is 0 Å². The molecular formula is C12H16N2O. The van der Waals surface area contributed by atoms with E-state index in [1.165, 1.54) is 5.56 Å². The summed E-state index contributed by atoms with van der Waals surface area (Å²) in [6.45, 7) is 2.80. The fourth-order valence-corrected chi connectivity index (χ4v) is 2.08. The third-order valence-corrected chi connectivity index (χ3v) is 2.79. The molecule has 1 aromatic carbocycles. The van der Waals surface area contributed by atoms with Gasteiger partial charge in [0.25, 0.3) is 0 Å². The Bertz CT molecular complexity index is 387. The number of amides is 1. The summed E-state index contributed by atoms with van der Waals surface area (Å²) in [4.78, 5) is 13.7. The van der Waals surface area contributed by atoms with Gasteiger partial charge in [-0.3, -0.25) is 4.79 Å². The van der Waals surface area contributed by atoms with Crippen molar-refractivity contribution in [3.8, 4) is 0 Å². The second-order valence-corrected chi connectivity index (χ2v) is 3.90. The van der Waals surface area contributed by atoms with E-state index in [-0.39, 0.29) is 5.91 Å². The van der Waals surface area contributed by atoms with Gasteiger partial charge in [0.15, 0.2) is 0 Å². The molecule has 0 fully saturated rings. The van der Waals surface area contributed by atoms with E-state index in [0.717, 1.165) is 30.8 Å². The summed E-state index contributed by atoms with van der Waals surface area (Å²) >= 11 is 0. The molecule has 1 heterocycles. The number of anilines is 2. The molecule has 3 nitrogen and oxygen atoms in total. The van der Waals surface area contributed by atoms with Gasteiger partial charge in [0.05, 0.1) is 11.4 Å². The third kappa shape index (κ3) is 1.69. The van der Waals surface area contributed by atoms with Crippen molar-refractivity contribution in [2.75, 3.05) is 17.2 Å². The zero-order chi connectivity index (χ0) is 10.8. The van der Waals surface area contributed by atoms with Crippen LogP contribution in [0.5, 0.6) is 0 Å². The molecule has 0 unspecified atom stereocenters. The second-order valence-electron chi connectivity index (χ2n) is 3.90. The Morgan fingerprint density at radius 3 is 3.07 bits per heavy atom. The number of para-hydroxylation sites is 1. The molecular weight excluding hydrogens is 188 g/mol. The van der Waals surface area contributed by atoms with E-state index >= 15 is 0 Å². The summed E-state index contributed by atoms with van der Waals surface area (Å²) in [5.74, 6) is 0.189. The third-order valence-electron chi connectivity index (χ3n) is 2.79. The van der Waals surface area contributed by atoms with Crippen LogP contribution in [0.1, 0.15) is 25.3 Å². The molecule has 1 aliphatic rings. The molecule has 1 aromatic rings. The van der Waals surface area contributed by atoms with Gasteiger partial charge in [0, 0.05) is 13.0 Å². The van der Waals surface area contributed by atoms with Crippen LogP contribution in [-0.4, -0.2) is 12.5 Å². The van der Waals surface area contributed by atoms with E-state index in [1.54, 1.807) is 0 Å². The van der Waals surface area contributed by atoms with Crippen LogP contribution >= 0.6 is 0 Å². The number of hydrogen-bond acceptors (Lipinski definition) is 2. The minimum atomic E-state index is 0.189. The summed E-state index contributed by atoms with van der Waals surface area (Å²) in [6, 6.07) is 5.85. The zero-order valence-electron chi connectivity index (χ0n) is 8.99. The Kier molecular flexibility index (Phi) is 2.62. The summed E-state index contributed by atoms with van der Waals surface area (Å²) in [7, 11) is 0. The highest BCUT2D eigenvalue weighted by Crippen LogP contribution is 2.33. The molecule has 0 aliphatic carbocycles. The van der Waals surface area contributed by atoms with Crippen LogP contribution in [0.2, 0.25) is 0 Å². The van der Waals surface area contributed by atoms with Gasteiger partial charge < -0.3 is 10.6 Å². The Labute approximate surface area is 89.9 Å². The molecule has 0 bridgehead atoms. The average Bonchev–Trinajstić information content (AvgIpc) is 2.63. The molecule has 2 N–H and O–H groups in total. The first-order chi connectivity index (χ1) is 7.24. The van der Waals surface area contributed by atoms with E-state index in [0.29, 0.717) is 6.42 Å². The predicted molar refractivity (Wildman–Crippen MR) is 61.8 cm³/mol. The maximum absolute atomic E-state index is 11.8. The molecule has 0 radical (unpaired) electrons. The number of nitrogens with zero attached hydrogens (tertiary/aromatic N) is 1. The molecule has 2 rings (SSSR count). The number of nitrogens with two attached hydrogens (primary N) is 1. The lowest BCUT2D eigenvalue weighted by Crippen LogP contribution is -2.28. The highest BCUT2D eigenvalue weighted by atomic mass is 16.2. The molecule has 1 aliphatic heterocycles. The number of fused-ring (bicyclic) bond motifs is 1. The molecule has 3 heteroatoms. The first kappa shape index (κ1) is 10.0. The van der Waals surface area contributed by atoms with Gasteiger partial charge in [-0.1, -0.05) is 19.1 Å². The average molecular weight is 204 g/mol. The van der Waals surface area contributed by atoms with E-state index in [9.17, 15) is 4.79 Å². The molecule has 0 saturated carbocycles. The van der Waals surface area contributed by atoms with Crippen LogP contribution in [0.25, 0.3) is 0 Å². The molecule has 0 spiro atoms. The topological polar surface area (TPSA) is 46.3 Å². The summed E-state index contributed by atoms with van der Waals surface area (Å²) in [6.07, 6.45) is 2.42. The van der Waals surface area contributed by atoms with Crippen LogP contribution in [0, 0.1) is 0 Å². The smallest absolute Gasteiger partial charge is 0.227 e. The maximum Gasteiger partial charge on any atom is 0.227 e. The lowest BCUT2D eigenvalue weighted by atomic mass is 10.1. The van der Waals surface area contributed by atoms with Crippen molar-refractivity contribution < 1.29 is 4.79 Å². The predicted octanol–water partition coefficient (Wildman–Crippen LogP) is 1.96. The van der Waals surface area contributed by atoms with Gasteiger partial charge in [-0.2, -0.15) is 0 Å². The molecule has 0 atom stereocenters. The fourth-order valence-electron chi connectivity index (χ4n) is 2.08. The van der Waals surface area contributed by atoms with Crippen LogP contribution in [-0.2, 0) is 11.2 Å². The van der Waals surface area contributed by atoms with Crippen LogP contribution in [0.4, 0.5) is 11.4 Å². The van der Waals surface area contributed by atoms with Crippen molar-refractivity contribution in [2.45, 2.75) is 26.2 Å². The van der Waals surface area contributed by atoms with Gasteiger partial charge in [-0.15, -0.1) is 0 Å². The molecule has 15 heavy (non-hydrogen) atoms. The SMILES string of the molecule is CCCC(=O)N1CCc2cccc(N)c21. The fraction of sp³-hybridized carbons (Fsp3) is 0.417. The number of hydrogen-bond donors (Lipinski definition) is 1. The maximum atomic E-state index is 11.8. The minimum Gasteiger partial charge on any atom is -0.397 e. The number of carbonyl (C=O) groups excluding carboxylic acids is 1. The quantitative estimate of drug-likeness (QED) is 0.748. The molecule has 80 valence electrons. The standard InChI is InChI=1S/C12H16N2O/c1-2-4-11(15)14-8-7-9-5-3-6-10(13)12(9)14/h3,5-6H,2,4,7-8,13H2,1H3. The van der Waals surface area contributed by atoms with Crippen molar-refractivity contribution >= 4 is 17.3 Å². The van der Waals surface area contributed by atoms with Crippen molar-refractivity contribution in [3.63, 3.8) is 0 Å². The van der Waals surface area contributed by atoms with Gasteiger partial charge >= 0.3 is 0 Å². The molecule has 1 amide bonds. The van der Waals surface area contributed by atoms with E-state index in [4.69, 9.17) is 5.73 Å². The van der Waals surface area contributed by atoms with Gasteiger partial charge in [0.1, 0.15) is 0 Å². The highest BCUT2D eigenvalue weighted by Gasteiger charge is 2.25. The largest absolute Gasteiger partial charge is 0.397 e. The number of carbonyl (C=O) groups is 1. The zero-order valence-corrected chi connectivity index (χ0v) is 8.99. The number of rotatable bonds is 2. The van der Waals surface area contributed by atoms with Crippen molar-refractivity contribution in [2.24, 2.45) is 0 Å². The number of nitrogen functional groups attached to an aromatic ring is 1. The van der Waals surface area contributed by atoms with Crippen molar-refractivity contribution in [1.82, 2.24) is 0 Å². The van der Waals surface area contributed by atoms with Crippen molar-refractivity contribution in [3.05, 3.63) is 23.8 Å². The van der Waals surface area contributed by atoms with Crippen LogP contribution < -0.4 is 10.6 Å². The summed E-state index contributed by atoms with van der Waals surface area (Å²) in [5, 5.41) is 0. The summed E-state index contributed by atoms with van der Waals surface area (Å²) in [5.41, 5.74) is 8.75. The molecule has 0 saturated heterocycles. The first-order valence-corrected chi connectivity index (χ1v) is 5.41. The lowest BCUT2D eigenvalue weighted by molar-refractivity contribution is -0.118.